The van der Waals surface area contributed by atoms with E-state index in [1.165, 1.54) is 25.1 Å². The molecule has 1 rings (SSSR count). The number of hydrogen-bond acceptors (Lipinski definition) is 2. The summed E-state index contributed by atoms with van der Waals surface area (Å²) in [6.45, 7) is 1.47. The molecule has 0 spiro atoms. The number of halogens is 2. The molecule has 0 aromatic heterocycles. The molecule has 80 valence electrons. The van der Waals surface area contributed by atoms with E-state index in [0.717, 1.165) is 17.8 Å². The predicted molar refractivity (Wildman–Crippen MR) is 58.5 cm³/mol. The zero-order valence-electron chi connectivity index (χ0n) is 8.17. The molecule has 0 aliphatic rings. The highest BCUT2D eigenvalue weighted by Gasteiger charge is 1.99. The Morgan fingerprint density at radius 3 is 2.80 bits per heavy atom. The summed E-state index contributed by atoms with van der Waals surface area (Å²) >= 11 is 1.14. The molecule has 4 heteroatoms. The van der Waals surface area contributed by atoms with Crippen molar-refractivity contribution in [2.45, 2.75) is 6.92 Å². The van der Waals surface area contributed by atoms with Crippen LogP contribution < -0.4 is 0 Å². The number of rotatable bonds is 3. The van der Waals surface area contributed by atoms with Crippen molar-refractivity contribution in [3.63, 3.8) is 0 Å². The Morgan fingerprint density at radius 2 is 2.20 bits per heavy atom. The van der Waals surface area contributed by atoms with Crippen molar-refractivity contribution in [3.8, 4) is 0 Å². The number of benzene rings is 1. The fraction of sp³-hybridized carbons (Fsp3) is 0.182. The molecule has 0 aliphatic heterocycles. The third-order valence-electron chi connectivity index (χ3n) is 1.64. The normalized spacial score (nSPS) is 10.9. The highest BCUT2D eigenvalue weighted by Crippen LogP contribution is 2.12. The van der Waals surface area contributed by atoms with Crippen LogP contribution in [0.25, 0.3) is 6.08 Å². The Morgan fingerprint density at radius 1 is 1.47 bits per heavy atom. The summed E-state index contributed by atoms with van der Waals surface area (Å²) in [6, 6.07) is 3.39. The Kier molecular flexibility index (Phi) is 4.49. The summed E-state index contributed by atoms with van der Waals surface area (Å²) in [5.74, 6) is -0.701. The molecule has 0 bridgehead atoms. The van der Waals surface area contributed by atoms with Gasteiger partial charge in [0.25, 0.3) is 0 Å². The maximum atomic E-state index is 13.1. The van der Waals surface area contributed by atoms with E-state index in [9.17, 15) is 13.6 Å². The number of hydrogen-bond donors (Lipinski definition) is 0. The Bertz CT molecular complexity index is 388. The first-order valence-electron chi connectivity index (χ1n) is 4.34. The van der Waals surface area contributed by atoms with Gasteiger partial charge in [0.05, 0.1) is 0 Å². The summed E-state index contributed by atoms with van der Waals surface area (Å²) in [4.78, 5) is 10.6. The Balaban J connectivity index is 2.60. The van der Waals surface area contributed by atoms with E-state index in [2.05, 4.69) is 0 Å². The minimum Gasteiger partial charge on any atom is -0.288 e. The summed E-state index contributed by atoms with van der Waals surface area (Å²) in [5.41, 5.74) is 0.320. The standard InChI is InChI=1S/C11H10F2OS/c1-8(14)15-6-2-3-9-4-5-10(12)7-11(9)13/h2-5,7H,6H2,1H3. The van der Waals surface area contributed by atoms with Crippen LogP contribution in [0.1, 0.15) is 12.5 Å². The average Bonchev–Trinajstić information content (AvgIpc) is 2.14. The van der Waals surface area contributed by atoms with E-state index in [1.807, 2.05) is 0 Å². The van der Waals surface area contributed by atoms with E-state index < -0.39 is 11.6 Å². The van der Waals surface area contributed by atoms with Crippen LogP contribution in [0.4, 0.5) is 8.78 Å². The molecule has 1 aromatic carbocycles. The van der Waals surface area contributed by atoms with Crippen molar-refractivity contribution in [3.05, 3.63) is 41.5 Å². The SMILES string of the molecule is CC(=O)SCC=Cc1ccc(F)cc1F. The lowest BCUT2D eigenvalue weighted by atomic mass is 10.2. The van der Waals surface area contributed by atoms with Gasteiger partial charge in [-0.15, -0.1) is 0 Å². The largest absolute Gasteiger partial charge is 0.288 e. The van der Waals surface area contributed by atoms with Gasteiger partial charge >= 0.3 is 0 Å². The second kappa shape index (κ2) is 5.66. The molecule has 0 saturated carbocycles. The summed E-state index contributed by atoms with van der Waals surface area (Å²) in [5, 5.41) is 0.0132. The molecule has 0 atom stereocenters. The molecule has 0 unspecified atom stereocenters. The van der Waals surface area contributed by atoms with Gasteiger partial charge in [0.2, 0.25) is 0 Å². The van der Waals surface area contributed by atoms with Crippen LogP contribution in [0.5, 0.6) is 0 Å². The molecule has 1 aromatic rings. The highest BCUT2D eigenvalue weighted by atomic mass is 32.2. The quantitative estimate of drug-likeness (QED) is 0.789. The molecule has 0 radical (unpaired) electrons. The second-order valence-electron chi connectivity index (χ2n) is 2.87. The molecule has 0 fully saturated rings. The van der Waals surface area contributed by atoms with Gasteiger partial charge in [-0.3, -0.25) is 4.79 Å². The van der Waals surface area contributed by atoms with Gasteiger partial charge in [-0.1, -0.05) is 23.9 Å². The van der Waals surface area contributed by atoms with Gasteiger partial charge in [0.1, 0.15) is 11.6 Å². The number of carbonyl (C=O) groups excluding carboxylic acids is 1. The second-order valence-corrected chi connectivity index (χ2v) is 4.07. The minimum absolute atomic E-state index is 0.0132. The lowest BCUT2D eigenvalue weighted by Crippen LogP contribution is -1.85. The zero-order chi connectivity index (χ0) is 11.3. The first kappa shape index (κ1) is 11.9. The molecule has 1 nitrogen and oxygen atoms in total. The van der Waals surface area contributed by atoms with E-state index in [4.69, 9.17) is 0 Å². The summed E-state index contributed by atoms with van der Waals surface area (Å²) < 4.78 is 25.6. The zero-order valence-corrected chi connectivity index (χ0v) is 8.98. The Hall–Kier alpha value is -1.16. The van der Waals surface area contributed by atoms with Crippen LogP contribution in [0.2, 0.25) is 0 Å². The summed E-state index contributed by atoms with van der Waals surface area (Å²) in [6.07, 6.45) is 3.20. The smallest absolute Gasteiger partial charge is 0.186 e. The maximum absolute atomic E-state index is 13.1. The van der Waals surface area contributed by atoms with E-state index >= 15 is 0 Å². The van der Waals surface area contributed by atoms with Gasteiger partial charge < -0.3 is 0 Å². The van der Waals surface area contributed by atoms with Gasteiger partial charge in [-0.2, -0.15) is 0 Å². The number of thioether (sulfide) groups is 1. The van der Waals surface area contributed by atoms with E-state index in [0.29, 0.717) is 11.3 Å². The van der Waals surface area contributed by atoms with Crippen molar-refractivity contribution in [1.29, 1.82) is 0 Å². The Labute approximate surface area is 91.2 Å². The molecular formula is C11H10F2OS. The fourth-order valence-corrected chi connectivity index (χ4v) is 1.40. The molecule has 15 heavy (non-hydrogen) atoms. The van der Waals surface area contributed by atoms with Gasteiger partial charge in [0.15, 0.2) is 5.12 Å². The maximum Gasteiger partial charge on any atom is 0.186 e. The van der Waals surface area contributed by atoms with Gasteiger partial charge in [-0.25, -0.2) is 8.78 Å². The number of carbonyl (C=O) groups is 1. The average molecular weight is 228 g/mol. The van der Waals surface area contributed by atoms with Gasteiger partial charge in [0, 0.05) is 24.3 Å². The van der Waals surface area contributed by atoms with Crippen LogP contribution >= 0.6 is 11.8 Å². The van der Waals surface area contributed by atoms with Crippen LogP contribution in [-0.4, -0.2) is 10.9 Å². The van der Waals surface area contributed by atoms with Crippen molar-refractivity contribution < 1.29 is 13.6 Å². The van der Waals surface area contributed by atoms with Crippen molar-refractivity contribution in [2.75, 3.05) is 5.75 Å². The van der Waals surface area contributed by atoms with Crippen LogP contribution in [0, 0.1) is 11.6 Å². The molecule has 0 heterocycles. The van der Waals surface area contributed by atoms with E-state index in [-0.39, 0.29) is 5.12 Å². The van der Waals surface area contributed by atoms with Crippen molar-refractivity contribution in [2.24, 2.45) is 0 Å². The summed E-state index contributed by atoms with van der Waals surface area (Å²) in [7, 11) is 0. The topological polar surface area (TPSA) is 17.1 Å². The van der Waals surface area contributed by atoms with Crippen LogP contribution in [0.15, 0.2) is 24.3 Å². The minimum atomic E-state index is -0.598. The molecule has 0 amide bonds. The monoisotopic (exact) mass is 228 g/mol. The van der Waals surface area contributed by atoms with Crippen LogP contribution in [0.3, 0.4) is 0 Å². The fourth-order valence-electron chi connectivity index (χ4n) is 0.977. The third-order valence-corrected chi connectivity index (χ3v) is 2.41. The van der Waals surface area contributed by atoms with Crippen molar-refractivity contribution in [1.82, 2.24) is 0 Å². The van der Waals surface area contributed by atoms with Gasteiger partial charge in [-0.05, 0) is 12.1 Å². The first-order valence-corrected chi connectivity index (χ1v) is 5.33. The molecular weight excluding hydrogens is 218 g/mol. The van der Waals surface area contributed by atoms with Crippen LogP contribution in [-0.2, 0) is 4.79 Å². The first-order chi connectivity index (χ1) is 7.09. The molecule has 0 N–H and O–H groups in total. The van der Waals surface area contributed by atoms with Crippen molar-refractivity contribution >= 4 is 23.0 Å². The third kappa shape index (κ3) is 4.25. The molecule has 0 aliphatic carbocycles. The predicted octanol–water partition coefficient (Wildman–Crippen LogP) is 3.26. The van der Waals surface area contributed by atoms with E-state index in [1.54, 1.807) is 6.08 Å². The molecule has 0 saturated heterocycles. The lowest BCUT2D eigenvalue weighted by molar-refractivity contribution is -0.109. The lowest BCUT2D eigenvalue weighted by Gasteiger charge is -1.96. The highest BCUT2D eigenvalue weighted by molar-refractivity contribution is 8.13.